The van der Waals surface area contributed by atoms with E-state index in [0.29, 0.717) is 25.1 Å². The molecular weight excluding hydrogens is 576 g/mol. The number of hydroxylamine groups is 1. The van der Waals surface area contributed by atoms with Crippen LogP contribution >= 0.6 is 0 Å². The number of aliphatic hydroxyl groups is 1. The number of nitrogens with one attached hydrogen (secondary N) is 2. The normalized spacial score (nSPS) is 23.4. The van der Waals surface area contributed by atoms with Gasteiger partial charge in [0.05, 0.1) is 54.9 Å². The number of carbonyl (C=O) groups excluding carboxylic acids is 1. The van der Waals surface area contributed by atoms with Crippen LogP contribution in [0.4, 0.5) is 10.5 Å². The number of nitrogens with zero attached hydrogens (tertiary/aromatic N) is 2. The molecule has 0 aromatic heterocycles. The lowest BCUT2D eigenvalue weighted by Crippen LogP contribution is -2.51. The number of rotatable bonds is 13. The number of ether oxygens (including phenoxy) is 3. The van der Waals surface area contributed by atoms with E-state index >= 15 is 0 Å². The van der Waals surface area contributed by atoms with Gasteiger partial charge in [-0.05, 0) is 49.4 Å². The first kappa shape index (κ1) is 31.2. The molecular formula is C30H38N4O8S. The Hall–Kier alpha value is -3.25. The predicted octanol–water partition coefficient (Wildman–Crippen LogP) is 2.95. The van der Waals surface area contributed by atoms with Crippen molar-refractivity contribution in [1.82, 2.24) is 9.79 Å². The number of anilines is 1. The van der Waals surface area contributed by atoms with Gasteiger partial charge in [-0.2, -0.15) is 5.26 Å². The molecule has 2 aromatic rings. The molecule has 0 unspecified atom stereocenters. The number of hydrogen-bond acceptors (Lipinski definition) is 10. The summed E-state index contributed by atoms with van der Waals surface area (Å²) in [6.07, 6.45) is 0.877. The summed E-state index contributed by atoms with van der Waals surface area (Å²) >= 11 is 0. The van der Waals surface area contributed by atoms with Gasteiger partial charge in [0.2, 0.25) is 0 Å². The van der Waals surface area contributed by atoms with E-state index in [9.17, 15) is 18.3 Å². The maximum Gasteiger partial charge on any atom is 0.407 e. The van der Waals surface area contributed by atoms with E-state index in [4.69, 9.17) is 24.3 Å². The summed E-state index contributed by atoms with van der Waals surface area (Å²) in [6.45, 7) is 0.333. The maximum absolute atomic E-state index is 13.9. The summed E-state index contributed by atoms with van der Waals surface area (Å²) in [6, 6.07) is 16.4. The highest BCUT2D eigenvalue weighted by molar-refractivity contribution is 7.89. The first-order chi connectivity index (χ1) is 20.8. The van der Waals surface area contributed by atoms with Crippen molar-refractivity contribution in [2.24, 2.45) is 5.92 Å². The second-order valence-corrected chi connectivity index (χ2v) is 12.8. The molecule has 12 nitrogen and oxygen atoms in total. The van der Waals surface area contributed by atoms with Gasteiger partial charge in [0.15, 0.2) is 6.29 Å². The molecule has 3 N–H and O–H groups in total. The summed E-state index contributed by atoms with van der Waals surface area (Å²) < 4.78 is 45.4. The summed E-state index contributed by atoms with van der Waals surface area (Å²) in [7, 11) is -4.24. The fourth-order valence-electron chi connectivity index (χ4n) is 5.69. The van der Waals surface area contributed by atoms with Crippen molar-refractivity contribution in [2.75, 3.05) is 31.6 Å². The van der Waals surface area contributed by atoms with Crippen LogP contribution in [0.1, 0.15) is 37.7 Å². The average Bonchev–Trinajstić information content (AvgIpc) is 3.77. The molecule has 0 bridgehead atoms. The van der Waals surface area contributed by atoms with E-state index in [0.717, 1.165) is 29.3 Å². The van der Waals surface area contributed by atoms with Crippen LogP contribution in [0.15, 0.2) is 59.5 Å². The van der Waals surface area contributed by atoms with Crippen LogP contribution < -0.4 is 10.6 Å². The summed E-state index contributed by atoms with van der Waals surface area (Å²) in [5.74, 6) is -0.0536. The van der Waals surface area contributed by atoms with Crippen molar-refractivity contribution in [3.05, 3.63) is 60.2 Å². The largest absolute Gasteiger partial charge is 0.443 e. The molecule has 43 heavy (non-hydrogen) atoms. The molecule has 1 aliphatic carbocycles. The average molecular weight is 615 g/mol. The summed E-state index contributed by atoms with van der Waals surface area (Å²) in [5, 5.41) is 26.0. The Labute approximate surface area is 251 Å². The summed E-state index contributed by atoms with van der Waals surface area (Å²) in [5.41, 5.74) is 1.30. The molecule has 2 heterocycles. The Morgan fingerprint density at radius 1 is 1.12 bits per heavy atom. The van der Waals surface area contributed by atoms with Gasteiger partial charge in [-0.15, -0.1) is 0 Å². The van der Waals surface area contributed by atoms with E-state index in [1.54, 1.807) is 12.1 Å². The van der Waals surface area contributed by atoms with Crippen LogP contribution in [0.5, 0.6) is 0 Å². The molecule has 1 amide bonds. The number of carbonyl (C=O) groups is 1. The van der Waals surface area contributed by atoms with Gasteiger partial charge >= 0.3 is 6.09 Å². The van der Waals surface area contributed by atoms with Crippen LogP contribution in [0.2, 0.25) is 0 Å². The number of sulfonamides is 1. The van der Waals surface area contributed by atoms with Crippen molar-refractivity contribution < 1.29 is 37.4 Å². The minimum absolute atomic E-state index is 0.00878. The molecule has 232 valence electrons. The van der Waals surface area contributed by atoms with Gasteiger partial charge in [0.1, 0.15) is 12.6 Å². The molecule has 3 fully saturated rings. The van der Waals surface area contributed by atoms with Gasteiger partial charge < -0.3 is 30.0 Å². The zero-order chi connectivity index (χ0) is 30.2. The lowest BCUT2D eigenvalue weighted by atomic mass is 10.0. The Kier molecular flexibility index (Phi) is 10.5. The molecule has 13 heteroatoms. The van der Waals surface area contributed by atoms with Crippen molar-refractivity contribution in [2.45, 2.75) is 74.1 Å². The number of hydrogen-bond donors (Lipinski definition) is 3. The molecule has 2 aromatic carbocycles. The number of alkyl carbamates (subject to hydrolysis) is 1. The van der Waals surface area contributed by atoms with E-state index < -0.39 is 40.9 Å². The van der Waals surface area contributed by atoms with Gasteiger partial charge in [-0.25, -0.2) is 13.2 Å². The zero-order valence-corrected chi connectivity index (χ0v) is 24.7. The first-order valence-corrected chi connectivity index (χ1v) is 16.1. The first-order valence-electron chi connectivity index (χ1n) is 14.7. The highest BCUT2D eigenvalue weighted by atomic mass is 32.2. The molecule has 2 aliphatic heterocycles. The van der Waals surface area contributed by atoms with Gasteiger partial charge in [0.25, 0.3) is 10.0 Å². The third-order valence-corrected chi connectivity index (χ3v) is 9.61. The standard InChI is InChI=1S/C30H38N4O8S/c31-14-15-32-22-9-6-12-24(18-22)43(37,38)34(42-23-10-4-5-11-23)19-27(35)26(17-21-7-2-1-3-8-21)33-30(36)41-28-20-40-29-25(28)13-16-39-29/h1-3,6-9,12,18,23,25-29,32,35H,4-5,10-11,13,15-17,19-20H2,(H,33,36)/t25-,26-,27-,28-,29+/m0/s1. The quantitative estimate of drug-likeness (QED) is 0.226. The van der Waals surface area contributed by atoms with E-state index in [1.165, 1.54) is 12.1 Å². The lowest BCUT2D eigenvalue weighted by Gasteiger charge is -2.31. The maximum atomic E-state index is 13.9. The Morgan fingerprint density at radius 2 is 1.91 bits per heavy atom. The van der Waals surface area contributed by atoms with Crippen LogP contribution in [0, 0.1) is 17.2 Å². The third kappa shape index (κ3) is 8.03. The van der Waals surface area contributed by atoms with E-state index in [2.05, 4.69) is 10.6 Å². The van der Waals surface area contributed by atoms with Gasteiger partial charge in [-0.3, -0.25) is 4.84 Å². The molecule has 3 aliphatic rings. The minimum atomic E-state index is -4.24. The molecule has 5 rings (SSSR count). The second-order valence-electron chi connectivity index (χ2n) is 11.0. The van der Waals surface area contributed by atoms with Crippen molar-refractivity contribution in [3.8, 4) is 6.07 Å². The Bertz CT molecular complexity index is 1370. The fraction of sp³-hybridized carbons (Fsp3) is 0.533. The summed E-state index contributed by atoms with van der Waals surface area (Å²) in [4.78, 5) is 19.0. The highest BCUT2D eigenvalue weighted by Crippen LogP contribution is 2.33. The predicted molar refractivity (Wildman–Crippen MR) is 155 cm³/mol. The second kappa shape index (κ2) is 14.5. The topological polar surface area (TPSA) is 159 Å². The third-order valence-electron chi connectivity index (χ3n) is 7.99. The van der Waals surface area contributed by atoms with Crippen molar-refractivity contribution >= 4 is 21.8 Å². The number of amides is 1. The van der Waals surface area contributed by atoms with Gasteiger partial charge in [-0.1, -0.05) is 53.7 Å². The smallest absolute Gasteiger partial charge is 0.407 e. The van der Waals surface area contributed by atoms with Crippen LogP contribution in [-0.4, -0.2) is 81.0 Å². The molecule has 2 saturated heterocycles. The molecule has 5 atom stereocenters. The van der Waals surface area contributed by atoms with E-state index in [1.807, 2.05) is 36.4 Å². The number of fused-ring (bicyclic) bond motifs is 1. The molecule has 0 radical (unpaired) electrons. The van der Waals surface area contributed by atoms with Crippen molar-refractivity contribution in [3.63, 3.8) is 0 Å². The SMILES string of the molecule is N#CCNc1cccc(S(=O)(=O)N(C[C@H](O)[C@H](Cc2ccccc2)NC(=O)O[C@H]2CO[C@H]3OCC[C@H]32)OC2CCCC2)c1. The zero-order valence-electron chi connectivity index (χ0n) is 23.8. The molecule has 1 saturated carbocycles. The van der Waals surface area contributed by atoms with Gasteiger partial charge in [0, 0.05) is 5.69 Å². The lowest BCUT2D eigenvalue weighted by molar-refractivity contribution is -0.145. The highest BCUT2D eigenvalue weighted by Gasteiger charge is 2.44. The fourth-order valence-corrected chi connectivity index (χ4v) is 7.03. The Morgan fingerprint density at radius 3 is 2.67 bits per heavy atom. The number of aliphatic hydroxyl groups excluding tert-OH is 1. The molecule has 0 spiro atoms. The van der Waals surface area contributed by atoms with Crippen molar-refractivity contribution in [1.29, 1.82) is 5.26 Å². The number of nitriles is 1. The number of benzene rings is 2. The van der Waals surface area contributed by atoms with Crippen LogP contribution in [0.25, 0.3) is 0 Å². The monoisotopic (exact) mass is 614 g/mol. The van der Waals surface area contributed by atoms with Crippen LogP contribution in [-0.2, 0) is 35.5 Å². The minimum Gasteiger partial charge on any atom is -0.443 e. The van der Waals surface area contributed by atoms with Crippen LogP contribution in [0.3, 0.4) is 0 Å². The van der Waals surface area contributed by atoms with E-state index in [-0.39, 0.29) is 42.8 Å². The Balaban J connectivity index is 1.34.